The van der Waals surface area contributed by atoms with Crippen molar-refractivity contribution in [2.24, 2.45) is 5.14 Å². The summed E-state index contributed by atoms with van der Waals surface area (Å²) in [5.74, 6) is -0.494. The number of hydrogen-bond acceptors (Lipinski definition) is 5. The van der Waals surface area contributed by atoms with Crippen molar-refractivity contribution < 1.29 is 44.2 Å². The molecule has 32 heavy (non-hydrogen) atoms. The Bertz CT molecular complexity index is 1140. The minimum absolute atomic E-state index is 0.0182. The van der Waals surface area contributed by atoms with Gasteiger partial charge in [-0.25, -0.2) is 13.6 Å². The Balaban J connectivity index is 1.92. The molecule has 0 aromatic heterocycles. The van der Waals surface area contributed by atoms with E-state index in [9.17, 15) is 34.8 Å². The highest BCUT2D eigenvalue weighted by molar-refractivity contribution is 7.89. The Hall–Kier alpha value is -3.19. The first-order valence-corrected chi connectivity index (χ1v) is 10.2. The molecule has 1 aliphatic rings. The molecule has 172 valence electrons. The average Bonchev–Trinajstić information content (AvgIpc) is 2.67. The highest BCUT2D eigenvalue weighted by Gasteiger charge is 2.36. The summed E-state index contributed by atoms with van der Waals surface area (Å²) in [6.07, 6.45) is -8.23. The van der Waals surface area contributed by atoms with Crippen molar-refractivity contribution >= 4 is 15.7 Å². The first-order chi connectivity index (χ1) is 14.7. The SMILES string of the molecule is NS(=O)(=O)c1cccc(N2C=C(C(F)(F)F)C=CC2Oc2ccc(OC(F)(F)F)cc2)c1. The molecule has 3 rings (SSSR count). The van der Waals surface area contributed by atoms with Crippen molar-refractivity contribution in [2.45, 2.75) is 23.7 Å². The summed E-state index contributed by atoms with van der Waals surface area (Å²) in [5.41, 5.74) is -1.02. The Labute approximate surface area is 178 Å². The monoisotopic (exact) mass is 480 g/mol. The van der Waals surface area contributed by atoms with E-state index in [1.807, 2.05) is 0 Å². The molecule has 1 unspecified atom stereocenters. The summed E-state index contributed by atoms with van der Waals surface area (Å²) in [5, 5.41) is 5.09. The second-order valence-electron chi connectivity index (χ2n) is 6.42. The van der Waals surface area contributed by atoms with Crippen LogP contribution in [0.25, 0.3) is 0 Å². The van der Waals surface area contributed by atoms with Crippen LogP contribution in [-0.4, -0.2) is 27.2 Å². The number of nitrogens with two attached hydrogens (primary N) is 1. The van der Waals surface area contributed by atoms with Crippen LogP contribution in [-0.2, 0) is 10.0 Å². The first-order valence-electron chi connectivity index (χ1n) is 8.63. The molecule has 2 N–H and O–H groups in total. The van der Waals surface area contributed by atoms with Gasteiger partial charge in [-0.3, -0.25) is 0 Å². The number of sulfonamides is 1. The molecular weight excluding hydrogens is 466 g/mol. The molecule has 6 nitrogen and oxygen atoms in total. The molecule has 0 spiro atoms. The van der Waals surface area contributed by atoms with Crippen LogP contribution in [0.1, 0.15) is 0 Å². The molecule has 1 heterocycles. The van der Waals surface area contributed by atoms with Crippen molar-refractivity contribution in [1.82, 2.24) is 0 Å². The van der Waals surface area contributed by atoms with Gasteiger partial charge < -0.3 is 14.4 Å². The van der Waals surface area contributed by atoms with Crippen LogP contribution in [0.15, 0.2) is 77.4 Å². The van der Waals surface area contributed by atoms with Crippen molar-refractivity contribution in [3.05, 3.63) is 72.5 Å². The first kappa shape index (κ1) is 23.5. The quantitative estimate of drug-likeness (QED) is 0.640. The Morgan fingerprint density at radius 1 is 0.938 bits per heavy atom. The molecule has 0 saturated carbocycles. The lowest BCUT2D eigenvalue weighted by atomic mass is 10.1. The van der Waals surface area contributed by atoms with Crippen molar-refractivity contribution in [3.8, 4) is 11.5 Å². The van der Waals surface area contributed by atoms with Gasteiger partial charge in [0.25, 0.3) is 0 Å². The highest BCUT2D eigenvalue weighted by atomic mass is 32.2. The predicted molar refractivity (Wildman–Crippen MR) is 101 cm³/mol. The van der Waals surface area contributed by atoms with Crippen LogP contribution in [0.2, 0.25) is 0 Å². The molecular formula is C19H14F6N2O4S. The second kappa shape index (κ2) is 8.39. The van der Waals surface area contributed by atoms with Crippen molar-refractivity contribution in [3.63, 3.8) is 0 Å². The Kier molecular flexibility index (Phi) is 6.15. The van der Waals surface area contributed by atoms with Crippen LogP contribution < -0.4 is 19.5 Å². The van der Waals surface area contributed by atoms with Gasteiger partial charge in [0, 0.05) is 11.9 Å². The zero-order chi connectivity index (χ0) is 23.7. The number of alkyl halides is 6. The third-order valence-corrected chi connectivity index (χ3v) is 4.99. The maximum atomic E-state index is 13.2. The van der Waals surface area contributed by atoms with E-state index in [1.54, 1.807) is 0 Å². The van der Waals surface area contributed by atoms with Crippen LogP contribution in [0.4, 0.5) is 32.0 Å². The summed E-state index contributed by atoms with van der Waals surface area (Å²) < 4.78 is 109. The number of rotatable bonds is 5. The van der Waals surface area contributed by atoms with E-state index in [-0.39, 0.29) is 16.3 Å². The van der Waals surface area contributed by atoms with Gasteiger partial charge in [-0.05, 0) is 54.6 Å². The topological polar surface area (TPSA) is 81.9 Å². The van der Waals surface area contributed by atoms with Crippen LogP contribution >= 0.6 is 0 Å². The molecule has 0 bridgehead atoms. The lowest BCUT2D eigenvalue weighted by molar-refractivity contribution is -0.274. The zero-order valence-electron chi connectivity index (χ0n) is 15.8. The lowest BCUT2D eigenvalue weighted by Crippen LogP contribution is -2.37. The average molecular weight is 480 g/mol. The van der Waals surface area contributed by atoms with Gasteiger partial charge in [0.05, 0.1) is 10.5 Å². The van der Waals surface area contributed by atoms with Crippen LogP contribution in [0.3, 0.4) is 0 Å². The zero-order valence-corrected chi connectivity index (χ0v) is 16.6. The lowest BCUT2D eigenvalue weighted by Gasteiger charge is -2.32. The minimum atomic E-state index is -4.89. The number of ether oxygens (including phenoxy) is 2. The number of benzene rings is 2. The van der Waals surface area contributed by atoms with Gasteiger partial charge in [0.15, 0.2) is 6.23 Å². The molecule has 0 radical (unpaired) electrons. The van der Waals surface area contributed by atoms with Crippen LogP contribution in [0, 0.1) is 0 Å². The van der Waals surface area contributed by atoms with E-state index in [0.29, 0.717) is 6.20 Å². The third kappa shape index (κ3) is 5.95. The fourth-order valence-corrected chi connectivity index (χ4v) is 3.26. The fourth-order valence-electron chi connectivity index (χ4n) is 2.71. The molecule has 0 aliphatic carbocycles. The largest absolute Gasteiger partial charge is 0.573 e. The van der Waals surface area contributed by atoms with Crippen molar-refractivity contribution in [1.29, 1.82) is 0 Å². The van der Waals surface area contributed by atoms with E-state index >= 15 is 0 Å². The molecule has 13 heteroatoms. The summed E-state index contributed by atoms with van der Waals surface area (Å²) in [4.78, 5) is 0.677. The minimum Gasteiger partial charge on any atom is -0.467 e. The maximum Gasteiger partial charge on any atom is 0.573 e. The van der Waals surface area contributed by atoms with E-state index in [0.717, 1.165) is 47.4 Å². The second-order valence-corrected chi connectivity index (χ2v) is 7.98. The summed E-state index contributed by atoms with van der Waals surface area (Å²) in [6, 6.07) is 9.08. The Morgan fingerprint density at radius 3 is 2.12 bits per heavy atom. The smallest absolute Gasteiger partial charge is 0.467 e. The highest BCUT2D eigenvalue weighted by Crippen LogP contribution is 2.34. The molecule has 0 fully saturated rings. The normalized spacial score (nSPS) is 17.2. The fraction of sp³-hybridized carbons (Fsp3) is 0.158. The third-order valence-electron chi connectivity index (χ3n) is 4.08. The van der Waals surface area contributed by atoms with E-state index in [2.05, 4.69) is 4.74 Å². The van der Waals surface area contributed by atoms with Gasteiger partial charge >= 0.3 is 12.5 Å². The van der Waals surface area contributed by atoms with Gasteiger partial charge in [-0.2, -0.15) is 13.2 Å². The molecule has 1 aliphatic heterocycles. The molecule has 0 saturated heterocycles. The van der Waals surface area contributed by atoms with Gasteiger partial charge in [0.1, 0.15) is 11.5 Å². The summed E-state index contributed by atoms with van der Waals surface area (Å²) >= 11 is 0. The number of allylic oxidation sites excluding steroid dienone is 2. The number of primary sulfonamides is 1. The number of nitrogens with zero attached hydrogens (tertiary/aromatic N) is 1. The standard InChI is InChI=1S/C19H14F6N2O4S/c20-18(21,22)12-4-9-17(30-14-5-7-15(8-6-14)31-19(23,24)25)27(11-12)13-2-1-3-16(10-13)32(26,28)29/h1-11,17H,(H2,26,28,29). The summed E-state index contributed by atoms with van der Waals surface area (Å²) in [7, 11) is -4.14. The number of halogens is 6. The number of anilines is 1. The summed E-state index contributed by atoms with van der Waals surface area (Å²) in [6.45, 7) is 0. The number of hydrogen-bond donors (Lipinski definition) is 1. The maximum absolute atomic E-state index is 13.2. The van der Waals surface area contributed by atoms with E-state index in [4.69, 9.17) is 9.88 Å². The van der Waals surface area contributed by atoms with Crippen LogP contribution in [0.5, 0.6) is 11.5 Å². The van der Waals surface area contributed by atoms with E-state index in [1.165, 1.54) is 18.2 Å². The van der Waals surface area contributed by atoms with Gasteiger partial charge in [0.2, 0.25) is 10.0 Å². The van der Waals surface area contributed by atoms with Gasteiger partial charge in [-0.1, -0.05) is 6.07 Å². The van der Waals surface area contributed by atoms with Gasteiger partial charge in [-0.15, -0.1) is 13.2 Å². The molecule has 2 aromatic carbocycles. The van der Waals surface area contributed by atoms with Crippen molar-refractivity contribution in [2.75, 3.05) is 4.90 Å². The molecule has 0 amide bonds. The molecule has 1 atom stereocenters. The van der Waals surface area contributed by atoms with E-state index < -0.39 is 40.1 Å². The Morgan fingerprint density at radius 2 is 1.56 bits per heavy atom. The molecule has 2 aromatic rings. The predicted octanol–water partition coefficient (Wildman–Crippen LogP) is 4.46.